The van der Waals surface area contributed by atoms with E-state index in [9.17, 15) is 4.79 Å². The molecule has 0 fully saturated rings. The molecule has 0 aliphatic heterocycles. The zero-order valence-corrected chi connectivity index (χ0v) is 8.34. The molecule has 0 saturated carbocycles. The van der Waals surface area contributed by atoms with E-state index < -0.39 is 0 Å². The fourth-order valence-corrected chi connectivity index (χ4v) is 1.02. The summed E-state index contributed by atoms with van der Waals surface area (Å²) >= 11 is 0. The van der Waals surface area contributed by atoms with Crippen LogP contribution in [0.1, 0.15) is 32.6 Å². The van der Waals surface area contributed by atoms with E-state index in [0.29, 0.717) is 13.0 Å². The van der Waals surface area contributed by atoms with Gasteiger partial charge >= 0.3 is 0 Å². The number of hydrogen-bond donors (Lipinski definition) is 1. The highest BCUT2D eigenvalue weighted by Gasteiger charge is 1.97. The van der Waals surface area contributed by atoms with Crippen molar-refractivity contribution >= 4 is 5.91 Å². The summed E-state index contributed by atoms with van der Waals surface area (Å²) in [5.74, 6) is 0.145. The molecule has 0 rings (SSSR count). The van der Waals surface area contributed by atoms with Crippen molar-refractivity contribution in [2.24, 2.45) is 0 Å². The molecule has 3 heteroatoms. The van der Waals surface area contributed by atoms with Gasteiger partial charge in [-0.05, 0) is 26.2 Å². The highest BCUT2D eigenvalue weighted by molar-refractivity contribution is 5.75. The third-order valence-electron chi connectivity index (χ3n) is 1.66. The molecule has 0 saturated heterocycles. The smallest absolute Gasteiger partial charge is 0.219 e. The number of amides is 1. The first-order valence-corrected chi connectivity index (χ1v) is 4.80. The van der Waals surface area contributed by atoms with Crippen LogP contribution in [0.2, 0.25) is 0 Å². The molecular formula is C10H19NO2. The van der Waals surface area contributed by atoms with Crippen molar-refractivity contribution in [1.82, 2.24) is 5.32 Å². The van der Waals surface area contributed by atoms with Crippen molar-refractivity contribution in [2.45, 2.75) is 32.6 Å². The second-order valence-electron chi connectivity index (χ2n) is 2.80. The van der Waals surface area contributed by atoms with Crippen LogP contribution in [-0.2, 0) is 9.53 Å². The van der Waals surface area contributed by atoms with Crippen molar-refractivity contribution in [3.05, 3.63) is 12.8 Å². The first-order chi connectivity index (χ1) is 6.31. The summed E-state index contributed by atoms with van der Waals surface area (Å²) in [6.45, 7) is 6.80. The van der Waals surface area contributed by atoms with Crippen LogP contribution < -0.4 is 5.32 Å². The van der Waals surface area contributed by atoms with Gasteiger partial charge in [0.15, 0.2) is 0 Å². The molecule has 76 valence electrons. The fourth-order valence-electron chi connectivity index (χ4n) is 1.02. The summed E-state index contributed by atoms with van der Waals surface area (Å²) in [5.41, 5.74) is 0. The van der Waals surface area contributed by atoms with Crippen molar-refractivity contribution in [1.29, 1.82) is 0 Å². The monoisotopic (exact) mass is 185 g/mol. The highest BCUT2D eigenvalue weighted by atomic mass is 16.5. The van der Waals surface area contributed by atoms with E-state index in [0.717, 1.165) is 25.8 Å². The van der Waals surface area contributed by atoms with Gasteiger partial charge in [-0.15, -0.1) is 0 Å². The third-order valence-corrected chi connectivity index (χ3v) is 1.66. The molecule has 3 nitrogen and oxygen atoms in total. The highest BCUT2D eigenvalue weighted by Crippen LogP contribution is 1.99. The van der Waals surface area contributed by atoms with Crippen molar-refractivity contribution in [2.75, 3.05) is 13.2 Å². The first-order valence-electron chi connectivity index (χ1n) is 4.80. The summed E-state index contributed by atoms with van der Waals surface area (Å²) in [4.78, 5) is 11.0. The number of rotatable bonds is 8. The van der Waals surface area contributed by atoms with E-state index >= 15 is 0 Å². The van der Waals surface area contributed by atoms with Crippen LogP contribution in [-0.4, -0.2) is 19.1 Å². The maximum atomic E-state index is 11.0. The molecular weight excluding hydrogens is 166 g/mol. The Kier molecular flexibility index (Phi) is 8.41. The van der Waals surface area contributed by atoms with Crippen LogP contribution in [0.4, 0.5) is 0 Å². The lowest BCUT2D eigenvalue weighted by Crippen LogP contribution is -2.22. The summed E-state index contributed by atoms with van der Waals surface area (Å²) in [7, 11) is 0. The van der Waals surface area contributed by atoms with E-state index in [2.05, 4.69) is 11.9 Å². The molecule has 0 spiro atoms. The van der Waals surface area contributed by atoms with Crippen LogP contribution >= 0.6 is 0 Å². The minimum atomic E-state index is 0.145. The molecule has 1 N–H and O–H groups in total. The molecule has 0 radical (unpaired) electrons. The molecule has 0 aliphatic carbocycles. The second kappa shape index (κ2) is 9.10. The molecule has 0 aromatic rings. The Labute approximate surface area is 80.2 Å². The largest absolute Gasteiger partial charge is 0.502 e. The minimum absolute atomic E-state index is 0.145. The number of carbonyl (C=O) groups is 1. The number of hydrogen-bond acceptors (Lipinski definition) is 2. The van der Waals surface area contributed by atoms with Gasteiger partial charge in [-0.1, -0.05) is 6.58 Å². The van der Waals surface area contributed by atoms with Crippen LogP contribution in [0, 0.1) is 0 Å². The van der Waals surface area contributed by atoms with Gasteiger partial charge in [-0.2, -0.15) is 0 Å². The molecule has 0 aromatic carbocycles. The zero-order valence-electron chi connectivity index (χ0n) is 8.34. The minimum Gasteiger partial charge on any atom is -0.502 e. The second-order valence-corrected chi connectivity index (χ2v) is 2.80. The standard InChI is InChI=1S/C10H19NO2/c1-3-11-10(12)8-6-5-7-9-13-4-2/h4H,2-3,5-9H2,1H3,(H,11,12). The van der Waals surface area contributed by atoms with Gasteiger partial charge in [0.1, 0.15) is 0 Å². The van der Waals surface area contributed by atoms with Gasteiger partial charge in [0.05, 0.1) is 12.9 Å². The quantitative estimate of drug-likeness (QED) is 0.463. The first kappa shape index (κ1) is 12.0. The van der Waals surface area contributed by atoms with Gasteiger partial charge in [0.25, 0.3) is 0 Å². The summed E-state index contributed by atoms with van der Waals surface area (Å²) in [5, 5.41) is 2.76. The predicted molar refractivity (Wildman–Crippen MR) is 53.3 cm³/mol. The lowest BCUT2D eigenvalue weighted by Gasteiger charge is -2.02. The molecule has 0 bridgehead atoms. The number of nitrogens with one attached hydrogen (secondary N) is 1. The molecule has 0 atom stereocenters. The number of carbonyl (C=O) groups excluding carboxylic acids is 1. The topological polar surface area (TPSA) is 38.3 Å². The Balaban J connectivity index is 3.06. The van der Waals surface area contributed by atoms with Crippen molar-refractivity contribution < 1.29 is 9.53 Å². The fraction of sp³-hybridized carbons (Fsp3) is 0.700. The molecule has 0 aromatic heterocycles. The van der Waals surface area contributed by atoms with E-state index in [4.69, 9.17) is 4.74 Å². The van der Waals surface area contributed by atoms with E-state index in [-0.39, 0.29) is 5.91 Å². The molecule has 0 unspecified atom stereocenters. The van der Waals surface area contributed by atoms with Crippen LogP contribution in [0.15, 0.2) is 12.8 Å². The summed E-state index contributed by atoms with van der Waals surface area (Å²) in [6, 6.07) is 0. The predicted octanol–water partition coefficient (Wildman–Crippen LogP) is 1.84. The molecule has 1 amide bonds. The van der Waals surface area contributed by atoms with Gasteiger partial charge in [0, 0.05) is 13.0 Å². The van der Waals surface area contributed by atoms with Gasteiger partial charge in [-0.3, -0.25) is 4.79 Å². The third kappa shape index (κ3) is 8.92. The average molecular weight is 185 g/mol. The maximum Gasteiger partial charge on any atom is 0.219 e. The van der Waals surface area contributed by atoms with Crippen molar-refractivity contribution in [3.8, 4) is 0 Å². The number of unbranched alkanes of at least 4 members (excludes halogenated alkanes) is 2. The zero-order chi connectivity index (χ0) is 9.94. The summed E-state index contributed by atoms with van der Waals surface area (Å²) < 4.78 is 4.95. The van der Waals surface area contributed by atoms with Crippen LogP contribution in [0.3, 0.4) is 0 Å². The Morgan fingerprint density at radius 2 is 2.23 bits per heavy atom. The van der Waals surface area contributed by atoms with Crippen molar-refractivity contribution in [3.63, 3.8) is 0 Å². The van der Waals surface area contributed by atoms with Crippen LogP contribution in [0.5, 0.6) is 0 Å². The lowest BCUT2D eigenvalue weighted by atomic mass is 10.2. The Bertz CT molecular complexity index is 146. The maximum absolute atomic E-state index is 11.0. The average Bonchev–Trinajstić information content (AvgIpc) is 2.11. The molecule has 0 heterocycles. The Morgan fingerprint density at radius 1 is 1.46 bits per heavy atom. The Hall–Kier alpha value is -0.990. The summed E-state index contributed by atoms with van der Waals surface area (Å²) in [6.07, 6.45) is 5.04. The molecule has 13 heavy (non-hydrogen) atoms. The van der Waals surface area contributed by atoms with E-state index in [1.54, 1.807) is 0 Å². The van der Waals surface area contributed by atoms with E-state index in [1.807, 2.05) is 6.92 Å². The SMILES string of the molecule is C=COCCCCCC(=O)NCC. The van der Waals surface area contributed by atoms with E-state index in [1.165, 1.54) is 6.26 Å². The van der Waals surface area contributed by atoms with Crippen LogP contribution in [0.25, 0.3) is 0 Å². The normalized spacial score (nSPS) is 9.31. The van der Waals surface area contributed by atoms with Gasteiger partial charge < -0.3 is 10.1 Å². The Morgan fingerprint density at radius 3 is 2.85 bits per heavy atom. The molecule has 0 aliphatic rings. The van der Waals surface area contributed by atoms with Gasteiger partial charge in [-0.25, -0.2) is 0 Å². The number of ether oxygens (including phenoxy) is 1. The van der Waals surface area contributed by atoms with Gasteiger partial charge in [0.2, 0.25) is 5.91 Å². The lowest BCUT2D eigenvalue weighted by molar-refractivity contribution is -0.121.